The number of rotatable bonds is 2. The van der Waals surface area contributed by atoms with Crippen LogP contribution < -0.4 is 9.24 Å². The predicted octanol–water partition coefficient (Wildman–Crippen LogP) is 3.57. The van der Waals surface area contributed by atoms with Gasteiger partial charge in [-0.2, -0.15) is 0 Å². The topological polar surface area (TPSA) is 0 Å². The predicted molar refractivity (Wildman–Crippen MR) is 61.7 cm³/mol. The fourth-order valence-corrected chi connectivity index (χ4v) is 5.48. The normalized spacial score (nSPS) is 11.0. The van der Waals surface area contributed by atoms with Gasteiger partial charge < -0.3 is 0 Å². The number of thiophene rings is 2. The van der Waals surface area contributed by atoms with Crippen LogP contribution in [0, 0.1) is 0 Å². The molecule has 2 aromatic heterocycles. The lowest BCUT2D eigenvalue weighted by Crippen LogP contribution is -1.77. The van der Waals surface area contributed by atoms with Crippen LogP contribution in [0.5, 0.6) is 0 Å². The second-order valence-corrected chi connectivity index (χ2v) is 7.17. The summed E-state index contributed by atoms with van der Waals surface area (Å²) in [6.07, 6.45) is 0. The van der Waals surface area contributed by atoms with Gasteiger partial charge in [-0.3, -0.25) is 0 Å². The van der Waals surface area contributed by atoms with Crippen LogP contribution in [-0.2, 0) is 0 Å². The average Bonchev–Trinajstić information content (AvgIpc) is 2.74. The molecule has 0 aliphatic heterocycles. The van der Waals surface area contributed by atoms with Gasteiger partial charge in [0.05, 0.1) is 9.24 Å². The zero-order valence-electron chi connectivity index (χ0n) is 6.18. The molecule has 0 fully saturated rings. The van der Waals surface area contributed by atoms with Crippen LogP contribution in [0.3, 0.4) is 0 Å². The summed E-state index contributed by atoms with van der Waals surface area (Å²) in [6.45, 7) is 0. The van der Waals surface area contributed by atoms with E-state index in [0.29, 0.717) is 0 Å². The van der Waals surface area contributed by atoms with E-state index in [1.807, 2.05) is 22.7 Å². The molecular formula is C8H6P2S2. The van der Waals surface area contributed by atoms with Gasteiger partial charge in [0.1, 0.15) is 0 Å². The molecule has 0 saturated carbocycles. The molecule has 0 N–H and O–H groups in total. The first kappa shape index (κ1) is 8.59. The van der Waals surface area contributed by atoms with Gasteiger partial charge in [-0.15, -0.1) is 22.7 Å². The summed E-state index contributed by atoms with van der Waals surface area (Å²) in [5.41, 5.74) is 0. The molecule has 0 saturated heterocycles. The van der Waals surface area contributed by atoms with Crippen LogP contribution in [0.2, 0.25) is 0 Å². The first-order chi connectivity index (χ1) is 5.95. The van der Waals surface area contributed by atoms with Crippen LogP contribution in [0.4, 0.5) is 0 Å². The summed E-state index contributed by atoms with van der Waals surface area (Å²) < 4.78 is 2.90. The Morgan fingerprint density at radius 1 is 0.833 bits per heavy atom. The SMILES string of the molecule is c1csc(P=Pc2cccs2)c1. The Morgan fingerprint density at radius 2 is 1.33 bits per heavy atom. The van der Waals surface area contributed by atoms with Crippen LogP contribution in [0.15, 0.2) is 35.0 Å². The van der Waals surface area contributed by atoms with Crippen LogP contribution in [0.1, 0.15) is 0 Å². The van der Waals surface area contributed by atoms with Crippen LogP contribution in [-0.4, -0.2) is 0 Å². The molecule has 2 aromatic rings. The Hall–Kier alpha value is -0.0000000000000000833. The Balaban J connectivity index is 2.14. The highest BCUT2D eigenvalue weighted by Crippen LogP contribution is 2.19. The van der Waals surface area contributed by atoms with Gasteiger partial charge in [0, 0.05) is 0 Å². The first-order valence-corrected chi connectivity index (χ1v) is 7.69. The van der Waals surface area contributed by atoms with Crippen LogP contribution in [0.25, 0.3) is 0 Å². The maximum Gasteiger partial charge on any atom is 0.0587 e. The largest absolute Gasteiger partial charge is 0.139 e. The van der Waals surface area contributed by atoms with E-state index >= 15 is 0 Å². The molecule has 4 heteroatoms. The van der Waals surface area contributed by atoms with E-state index in [-0.39, 0.29) is 0 Å². The molecule has 0 radical (unpaired) electrons. The van der Waals surface area contributed by atoms with Crippen molar-refractivity contribution < 1.29 is 0 Å². The highest BCUT2D eigenvalue weighted by molar-refractivity contribution is 7.95. The molecule has 0 unspecified atom stereocenters. The average molecular weight is 228 g/mol. The Labute approximate surface area is 82.7 Å². The van der Waals surface area contributed by atoms with E-state index in [4.69, 9.17) is 0 Å². The van der Waals surface area contributed by atoms with Gasteiger partial charge in [0.25, 0.3) is 0 Å². The van der Waals surface area contributed by atoms with E-state index in [2.05, 4.69) is 35.0 Å². The zero-order chi connectivity index (χ0) is 8.23. The third-order valence-corrected chi connectivity index (χ3v) is 6.98. The third-order valence-electron chi connectivity index (χ3n) is 1.26. The second kappa shape index (κ2) is 4.30. The van der Waals surface area contributed by atoms with Gasteiger partial charge in [-0.05, 0) is 38.6 Å². The van der Waals surface area contributed by atoms with E-state index < -0.39 is 0 Å². The monoisotopic (exact) mass is 228 g/mol. The standard InChI is InChI=1S/C8H6P2S2/c1-3-7(11-5-1)9-10-8-4-2-6-12-8/h1-6H. The molecule has 0 aromatic carbocycles. The van der Waals surface area contributed by atoms with E-state index in [9.17, 15) is 0 Å². The Bertz CT molecular complexity index is 312. The molecule has 2 heterocycles. The van der Waals surface area contributed by atoms with E-state index in [1.54, 1.807) is 0 Å². The fourth-order valence-electron chi connectivity index (χ4n) is 0.752. The lowest BCUT2D eigenvalue weighted by atomic mass is 10.7. The van der Waals surface area contributed by atoms with E-state index in [0.717, 1.165) is 0 Å². The summed E-state index contributed by atoms with van der Waals surface area (Å²) in [6, 6.07) is 8.59. The number of hydrogen-bond donors (Lipinski definition) is 0. The van der Waals surface area contributed by atoms with Gasteiger partial charge in [-0.25, -0.2) is 0 Å². The second-order valence-electron chi connectivity index (χ2n) is 2.10. The lowest BCUT2D eigenvalue weighted by Gasteiger charge is -1.80. The minimum absolute atomic E-state index is 1.41. The van der Waals surface area contributed by atoms with Gasteiger partial charge >= 0.3 is 0 Å². The Kier molecular flexibility index (Phi) is 3.08. The van der Waals surface area contributed by atoms with Crippen molar-refractivity contribution in [2.24, 2.45) is 0 Å². The molecule has 0 atom stereocenters. The van der Waals surface area contributed by atoms with Crippen molar-refractivity contribution >= 4 is 47.6 Å². The van der Waals surface area contributed by atoms with Crippen molar-refractivity contribution in [2.45, 2.75) is 0 Å². The van der Waals surface area contributed by atoms with Crippen molar-refractivity contribution in [3.63, 3.8) is 0 Å². The van der Waals surface area contributed by atoms with Crippen molar-refractivity contribution in [3.8, 4) is 0 Å². The highest BCUT2D eigenvalue weighted by atomic mass is 32.1. The minimum atomic E-state index is 1.41. The van der Waals surface area contributed by atoms with Crippen LogP contribution >= 0.6 is 38.4 Å². The molecule has 0 bridgehead atoms. The van der Waals surface area contributed by atoms with Gasteiger partial charge in [0.15, 0.2) is 0 Å². The Morgan fingerprint density at radius 3 is 1.67 bits per heavy atom. The third kappa shape index (κ3) is 2.24. The van der Waals surface area contributed by atoms with Crippen molar-refractivity contribution in [2.75, 3.05) is 0 Å². The molecule has 0 aliphatic carbocycles. The summed E-state index contributed by atoms with van der Waals surface area (Å²) in [5.74, 6) is 0. The molecule has 12 heavy (non-hydrogen) atoms. The lowest BCUT2D eigenvalue weighted by molar-refractivity contribution is 2.07. The molecule has 0 amide bonds. The quantitative estimate of drug-likeness (QED) is 0.689. The summed E-state index contributed by atoms with van der Waals surface area (Å²) in [5, 5.41) is 4.26. The first-order valence-electron chi connectivity index (χ1n) is 3.44. The van der Waals surface area contributed by atoms with Crippen molar-refractivity contribution in [3.05, 3.63) is 35.0 Å². The summed E-state index contributed by atoms with van der Waals surface area (Å²) >= 11 is 3.66. The van der Waals surface area contributed by atoms with Gasteiger partial charge in [-0.1, -0.05) is 12.1 Å². The number of hydrogen-bond acceptors (Lipinski definition) is 2. The molecule has 0 spiro atoms. The highest BCUT2D eigenvalue weighted by Gasteiger charge is 1.89. The summed E-state index contributed by atoms with van der Waals surface area (Å²) in [7, 11) is 2.81. The van der Waals surface area contributed by atoms with Crippen molar-refractivity contribution in [1.82, 2.24) is 0 Å². The molecular weight excluding hydrogens is 222 g/mol. The van der Waals surface area contributed by atoms with Crippen molar-refractivity contribution in [1.29, 1.82) is 0 Å². The summed E-state index contributed by atoms with van der Waals surface area (Å²) in [4.78, 5) is 0. The maximum atomic E-state index is 2.19. The molecule has 0 aliphatic rings. The fraction of sp³-hybridized carbons (Fsp3) is 0. The maximum absolute atomic E-state index is 2.19. The molecule has 0 nitrogen and oxygen atoms in total. The molecule has 2 rings (SSSR count). The zero-order valence-corrected chi connectivity index (χ0v) is 9.60. The minimum Gasteiger partial charge on any atom is -0.139 e. The van der Waals surface area contributed by atoms with Gasteiger partial charge in [0.2, 0.25) is 0 Å². The smallest absolute Gasteiger partial charge is 0.0587 e. The molecule has 60 valence electrons. The van der Waals surface area contributed by atoms with E-state index in [1.165, 1.54) is 25.0 Å².